The van der Waals surface area contributed by atoms with Crippen LogP contribution in [-0.4, -0.2) is 305 Å². The fourth-order valence-electron chi connectivity index (χ4n) is 10.1. The number of aliphatic hydroxyl groups excluding tert-OH is 4. The van der Waals surface area contributed by atoms with E-state index in [1.807, 2.05) is 5.32 Å². The van der Waals surface area contributed by atoms with Crippen LogP contribution in [0.15, 0.2) is 30.3 Å². The summed E-state index contributed by atoms with van der Waals surface area (Å²) >= 11 is 0. The van der Waals surface area contributed by atoms with Gasteiger partial charge in [0.05, 0.1) is 38.0 Å². The summed E-state index contributed by atoms with van der Waals surface area (Å²) in [4.78, 5) is 272. The number of hydrogen-bond acceptors (Lipinski definition) is 27. The first-order valence-electron chi connectivity index (χ1n) is 36.2. The molecule has 1 aromatic carbocycles. The molecule has 1 rings (SSSR count). The molecular weight excluding hydrogens is 1550 g/mol. The Bertz CT molecular complexity index is 3630. The van der Waals surface area contributed by atoms with Crippen LogP contribution in [0.25, 0.3) is 0 Å². The molecule has 0 heterocycles. The lowest BCUT2D eigenvalue weighted by molar-refractivity contribution is -0.145. The van der Waals surface area contributed by atoms with Gasteiger partial charge < -0.3 is 142 Å². The molecule has 1 aromatic rings. The highest BCUT2D eigenvalue weighted by Crippen LogP contribution is 2.12. The Kier molecular flexibility index (Phi) is 45.9. The molecule has 0 aromatic heterocycles. The van der Waals surface area contributed by atoms with Gasteiger partial charge in [-0.3, -0.25) is 95.9 Å². The first kappa shape index (κ1) is 102. The molecule has 648 valence electrons. The Morgan fingerprint density at radius 2 is 0.621 bits per heavy atom. The van der Waals surface area contributed by atoms with Crippen LogP contribution in [0, 0.1) is 0 Å². The predicted octanol–water partition coefficient (Wildman–Crippen LogP) is -11.2. The molecule has 0 aliphatic rings. The smallest absolute Gasteiger partial charge is 0.328 e. The molecular formula is C68H105N17O31. The van der Waals surface area contributed by atoms with Crippen molar-refractivity contribution in [2.75, 3.05) is 26.3 Å². The molecule has 116 heavy (non-hydrogen) atoms. The van der Waals surface area contributed by atoms with Gasteiger partial charge in [0.2, 0.25) is 88.6 Å². The van der Waals surface area contributed by atoms with Crippen LogP contribution in [0.4, 0.5) is 0 Å². The maximum absolute atomic E-state index is 14.4. The molecule has 17 atom stereocenters. The van der Waals surface area contributed by atoms with Crippen molar-refractivity contribution in [2.24, 2.45) is 11.5 Å². The normalized spacial score (nSPS) is 15.3. The summed E-state index contributed by atoms with van der Waals surface area (Å²) in [5.41, 5.74) is 11.5. The Morgan fingerprint density at radius 1 is 0.328 bits per heavy atom. The third-order valence-corrected chi connectivity index (χ3v) is 16.8. The van der Waals surface area contributed by atoms with Gasteiger partial charge in [-0.15, -0.1) is 0 Å². The second kappa shape index (κ2) is 52.3. The van der Waals surface area contributed by atoms with E-state index in [0.29, 0.717) is 12.0 Å². The van der Waals surface area contributed by atoms with Crippen molar-refractivity contribution in [2.45, 2.75) is 234 Å². The van der Waals surface area contributed by atoms with Gasteiger partial charge in [-0.25, -0.2) is 4.79 Å². The number of carboxylic acid groups (broad SMARTS) is 6. The summed E-state index contributed by atoms with van der Waals surface area (Å²) in [7, 11) is 0. The topological polar surface area (TPSA) is 793 Å². The second-order valence-electron chi connectivity index (χ2n) is 26.6. The number of carbonyl (C=O) groups excluding carboxylic acids is 15. The lowest BCUT2D eigenvalue weighted by Crippen LogP contribution is -2.61. The van der Waals surface area contributed by atoms with Crippen molar-refractivity contribution < 1.29 is 152 Å². The highest BCUT2D eigenvalue weighted by Gasteiger charge is 2.38. The average Bonchev–Trinajstić information content (AvgIpc) is 0.849. The maximum atomic E-state index is 14.4. The first-order valence-corrected chi connectivity index (χ1v) is 36.2. The van der Waals surface area contributed by atoms with Crippen LogP contribution in [0.1, 0.15) is 131 Å². The molecule has 0 aliphatic carbocycles. The van der Waals surface area contributed by atoms with Crippen LogP contribution in [0.3, 0.4) is 0 Å². The van der Waals surface area contributed by atoms with Gasteiger partial charge in [0.25, 0.3) is 0 Å². The average molecular weight is 1660 g/mol. The maximum Gasteiger partial charge on any atom is 0.328 e. The molecule has 0 saturated heterocycles. The highest BCUT2D eigenvalue weighted by atomic mass is 16.4. The van der Waals surface area contributed by atoms with E-state index in [9.17, 15) is 147 Å². The SMILES string of the molecule is C[C@H](NC(=O)CNC(=O)[C@@H](NC(=O)[C@H](C)NC(=O)[C@H](CO)NC(=O)[C@H](CCC(=O)O)NC(=O)[C@H](CCC(=O)O)NC(=O)[C@H](Cc1ccccc1)NC(=O)[C@H](CCC(=O)O)NC(=O)[C@H](C)NC(=O)[C@H](CCC(=O)O)NC(=O)[C@H](C)NC(=O)[C@@H](N)CCC(=O)O)[C@@H](C)O)C(=O)N[C@@H](CO)C(=O)N[C@@H](CCCCN)C(=O)N[C@H](C(=O)O)[C@@H](C)O. The minimum atomic E-state index is -2.06. The van der Waals surface area contributed by atoms with Crippen molar-refractivity contribution in [1.82, 2.24) is 79.8 Å². The monoisotopic (exact) mass is 1660 g/mol. The number of carboxylic acids is 6. The molecule has 0 unspecified atom stereocenters. The number of benzene rings is 1. The zero-order chi connectivity index (χ0) is 88.4. The minimum Gasteiger partial charge on any atom is -0.481 e. The van der Waals surface area contributed by atoms with Crippen LogP contribution in [0.5, 0.6) is 0 Å². The van der Waals surface area contributed by atoms with E-state index in [4.69, 9.17) is 16.6 Å². The Labute approximate surface area is 661 Å². The van der Waals surface area contributed by atoms with Crippen LogP contribution in [-0.2, 0) is 107 Å². The number of nitrogens with two attached hydrogens (primary N) is 2. The van der Waals surface area contributed by atoms with Gasteiger partial charge in [-0.05, 0) is 105 Å². The van der Waals surface area contributed by atoms with Crippen molar-refractivity contribution in [3.8, 4) is 0 Å². The van der Waals surface area contributed by atoms with Crippen molar-refractivity contribution >= 4 is 124 Å². The summed E-state index contributed by atoms with van der Waals surface area (Å²) in [5, 5.41) is 130. The predicted molar refractivity (Wildman–Crippen MR) is 393 cm³/mol. The summed E-state index contributed by atoms with van der Waals surface area (Å²) in [6, 6.07) is -18.7. The number of carbonyl (C=O) groups is 21. The van der Waals surface area contributed by atoms with E-state index in [1.54, 1.807) is 6.07 Å². The summed E-state index contributed by atoms with van der Waals surface area (Å²) in [6.07, 6.45) is -10.4. The lowest BCUT2D eigenvalue weighted by atomic mass is 10.0. The van der Waals surface area contributed by atoms with E-state index in [0.717, 1.165) is 41.5 Å². The van der Waals surface area contributed by atoms with E-state index in [-0.39, 0.29) is 25.8 Å². The quantitative estimate of drug-likeness (QED) is 0.0269. The summed E-state index contributed by atoms with van der Waals surface area (Å²) in [6.45, 7) is 3.33. The summed E-state index contributed by atoms with van der Waals surface area (Å²) in [5.74, 6) is -26.9. The zero-order valence-corrected chi connectivity index (χ0v) is 64.1. The van der Waals surface area contributed by atoms with E-state index in [2.05, 4.69) is 74.4 Å². The molecule has 0 spiro atoms. The number of aliphatic hydroxyl groups is 4. The fourth-order valence-corrected chi connectivity index (χ4v) is 10.1. The van der Waals surface area contributed by atoms with Gasteiger partial charge >= 0.3 is 35.8 Å². The number of unbranched alkanes of at least 4 members (excludes halogenated alkanes) is 1. The number of nitrogens with one attached hydrogen (secondary N) is 15. The number of amides is 15. The second-order valence-corrected chi connectivity index (χ2v) is 26.6. The van der Waals surface area contributed by atoms with Gasteiger partial charge in [0.1, 0.15) is 78.5 Å². The Hall–Kier alpha value is -12.1. The molecule has 0 fully saturated rings. The van der Waals surface area contributed by atoms with Gasteiger partial charge in [0.15, 0.2) is 6.04 Å². The minimum absolute atomic E-state index is 0.0967. The van der Waals surface area contributed by atoms with Gasteiger partial charge in [-0.2, -0.15) is 0 Å². The third kappa shape index (κ3) is 39.1. The van der Waals surface area contributed by atoms with Crippen LogP contribution in [0.2, 0.25) is 0 Å². The largest absolute Gasteiger partial charge is 0.481 e. The third-order valence-electron chi connectivity index (χ3n) is 16.8. The van der Waals surface area contributed by atoms with Crippen molar-refractivity contribution in [3.63, 3.8) is 0 Å². The molecule has 15 amide bonds. The first-order chi connectivity index (χ1) is 54.3. The number of rotatable bonds is 56. The highest BCUT2D eigenvalue weighted by molar-refractivity contribution is 6.01. The number of hydrogen-bond donors (Lipinski definition) is 27. The number of aliphatic carboxylic acids is 6. The standard InChI is InChI=1S/C68H105N17O31/c1-30(54(101)82-45(29-87)66(113)78-38(14-10-11-25-69)63(110)85-53(35(6)89)68(115)116)72-46(90)27-71-67(114)52(34(5)88)84-57(104)33(4)75-65(112)44(28-86)83-62(109)42(19-24-51(99)100)79-60(107)41(18-23-50(97)98)80-64(111)43(26-36-12-8-7-9-13-36)81-61(108)40(17-22-49(95)96)77-56(103)32(3)74-59(106)39(16-21-48(93)94)76-55(102)31(2)73-58(105)37(70)15-20-47(91)92/h7-9,12-13,30-35,37-45,52-53,86-89H,10-11,14-29,69-70H2,1-6H3,(H,71,114)(H,72,90)(H,73,105)(H,74,106)(H,75,112)(H,76,102)(H,77,103)(H,78,113)(H,79,107)(H,80,111)(H,81,108)(H,82,101)(H,83,109)(H,84,104)(H,85,110)(H,91,92)(H,93,94)(H,95,96)(H,97,98)(H,99,100)(H,115,116)/t30-,31-,32-,33-,34+,35+,37-,38-,39-,40-,41-,42-,43-,44-,45-,52-,53-/m0/s1. The van der Waals surface area contributed by atoms with Gasteiger partial charge in [0, 0.05) is 38.5 Å². The van der Waals surface area contributed by atoms with Gasteiger partial charge in [-0.1, -0.05) is 30.3 Å². The molecule has 0 radical (unpaired) electrons. The zero-order valence-electron chi connectivity index (χ0n) is 64.1. The molecule has 29 N–H and O–H groups in total. The van der Waals surface area contributed by atoms with E-state index < -0.39 is 311 Å². The molecule has 0 saturated carbocycles. The van der Waals surface area contributed by atoms with Crippen LogP contribution >= 0.6 is 0 Å². The summed E-state index contributed by atoms with van der Waals surface area (Å²) < 4.78 is 0. The Morgan fingerprint density at radius 3 is 1.00 bits per heavy atom. The van der Waals surface area contributed by atoms with E-state index >= 15 is 0 Å². The van der Waals surface area contributed by atoms with Crippen molar-refractivity contribution in [1.29, 1.82) is 0 Å². The fraction of sp³-hybridized carbons (Fsp3) is 0.603. The molecule has 0 aliphatic heterocycles. The molecule has 48 heteroatoms. The molecule has 48 nitrogen and oxygen atoms in total. The van der Waals surface area contributed by atoms with Crippen molar-refractivity contribution in [3.05, 3.63) is 35.9 Å². The molecule has 0 bridgehead atoms. The Balaban J connectivity index is 3.38. The lowest BCUT2D eigenvalue weighted by Gasteiger charge is -2.27. The van der Waals surface area contributed by atoms with E-state index in [1.165, 1.54) is 24.3 Å². The van der Waals surface area contributed by atoms with Crippen LogP contribution < -0.4 is 91.2 Å².